The first kappa shape index (κ1) is 15.3. The predicted octanol–water partition coefficient (Wildman–Crippen LogP) is 3.72. The van der Waals surface area contributed by atoms with Gasteiger partial charge in [-0.3, -0.25) is 4.90 Å². The maximum atomic E-state index is 6.13. The minimum absolute atomic E-state index is 0.400. The van der Waals surface area contributed by atoms with Gasteiger partial charge in [-0.15, -0.1) is 0 Å². The summed E-state index contributed by atoms with van der Waals surface area (Å²) in [5.41, 5.74) is 7.44. The molecule has 3 nitrogen and oxygen atoms in total. The third-order valence-electron chi connectivity index (χ3n) is 4.87. The number of rotatable bonds is 4. The Hall–Kier alpha value is -0.580. The molecule has 1 saturated carbocycles. The fourth-order valence-electron chi connectivity index (χ4n) is 3.70. The van der Waals surface area contributed by atoms with E-state index in [4.69, 9.17) is 10.5 Å². The van der Waals surface area contributed by atoms with E-state index in [1.165, 1.54) is 44.2 Å². The van der Waals surface area contributed by atoms with Crippen LogP contribution < -0.4 is 10.5 Å². The number of methoxy groups -OCH3 is 1. The van der Waals surface area contributed by atoms with Crippen LogP contribution in [0.3, 0.4) is 0 Å². The van der Waals surface area contributed by atoms with E-state index in [1.54, 1.807) is 7.11 Å². The Balaban J connectivity index is 2.02. The van der Waals surface area contributed by atoms with E-state index in [-0.39, 0.29) is 0 Å². The van der Waals surface area contributed by atoms with Gasteiger partial charge in [-0.1, -0.05) is 22.4 Å². The molecule has 0 aromatic heterocycles. The topological polar surface area (TPSA) is 38.5 Å². The molecule has 0 bridgehead atoms. The summed E-state index contributed by atoms with van der Waals surface area (Å²) in [6.07, 6.45) is 6.48. The Bertz CT molecular complexity index is 490. The van der Waals surface area contributed by atoms with E-state index >= 15 is 0 Å². The Morgan fingerprint density at radius 3 is 2.76 bits per heavy atom. The molecule has 1 heterocycles. The summed E-state index contributed by atoms with van der Waals surface area (Å²) < 4.78 is 6.77. The molecule has 0 radical (unpaired) electrons. The molecule has 1 saturated heterocycles. The zero-order valence-electron chi connectivity index (χ0n) is 12.7. The highest BCUT2D eigenvalue weighted by molar-refractivity contribution is 9.10. The first-order chi connectivity index (χ1) is 10.2. The third-order valence-corrected chi connectivity index (χ3v) is 5.37. The molecule has 4 heteroatoms. The minimum Gasteiger partial charge on any atom is -0.496 e. The molecule has 2 atom stereocenters. The molecule has 2 fully saturated rings. The third kappa shape index (κ3) is 3.27. The summed E-state index contributed by atoms with van der Waals surface area (Å²) in [6.45, 7) is 1.95. The van der Waals surface area contributed by atoms with Gasteiger partial charge in [0, 0.05) is 22.1 Å². The number of benzene rings is 1. The van der Waals surface area contributed by atoms with Crippen LogP contribution in [0.1, 0.15) is 43.7 Å². The van der Waals surface area contributed by atoms with Crippen LogP contribution in [0.2, 0.25) is 0 Å². The minimum atomic E-state index is 0.400. The predicted molar refractivity (Wildman–Crippen MR) is 89.6 cm³/mol. The number of halogens is 1. The zero-order valence-corrected chi connectivity index (χ0v) is 14.3. The first-order valence-corrected chi connectivity index (χ1v) is 8.83. The van der Waals surface area contributed by atoms with Gasteiger partial charge in [0.15, 0.2) is 0 Å². The van der Waals surface area contributed by atoms with E-state index in [0.29, 0.717) is 12.0 Å². The van der Waals surface area contributed by atoms with E-state index in [1.807, 2.05) is 0 Å². The number of hydrogen-bond donors (Lipinski definition) is 1. The molecule has 116 valence electrons. The lowest BCUT2D eigenvalue weighted by atomic mass is 9.88. The van der Waals surface area contributed by atoms with Crippen LogP contribution in [0.4, 0.5) is 0 Å². The lowest BCUT2D eigenvalue weighted by molar-refractivity contribution is 0.146. The molecule has 1 aliphatic heterocycles. The quantitative estimate of drug-likeness (QED) is 0.897. The standard InChI is InChI=1S/C17H25BrN2O/c1-21-16-8-5-13(18)10-15(16)17-12(11-19)4-2-3-9-20(17)14-6-7-14/h5,8,10,12,14,17H,2-4,6-7,9,11,19H2,1H3. The van der Waals surface area contributed by atoms with Crippen LogP contribution >= 0.6 is 15.9 Å². The van der Waals surface area contributed by atoms with Gasteiger partial charge in [0.1, 0.15) is 5.75 Å². The Morgan fingerprint density at radius 1 is 1.29 bits per heavy atom. The van der Waals surface area contributed by atoms with Gasteiger partial charge in [0.25, 0.3) is 0 Å². The van der Waals surface area contributed by atoms with Gasteiger partial charge >= 0.3 is 0 Å². The summed E-state index contributed by atoms with van der Waals surface area (Å²) in [5.74, 6) is 1.52. The van der Waals surface area contributed by atoms with Crippen molar-refractivity contribution in [1.82, 2.24) is 4.90 Å². The lowest BCUT2D eigenvalue weighted by Gasteiger charge is -2.36. The first-order valence-electron chi connectivity index (χ1n) is 8.04. The van der Waals surface area contributed by atoms with Gasteiger partial charge < -0.3 is 10.5 Å². The largest absolute Gasteiger partial charge is 0.496 e. The maximum absolute atomic E-state index is 6.13. The highest BCUT2D eigenvalue weighted by Crippen LogP contribution is 2.44. The fourth-order valence-corrected chi connectivity index (χ4v) is 4.08. The molecule has 1 aromatic rings. The average Bonchev–Trinajstić information content (AvgIpc) is 3.32. The molecular formula is C17H25BrN2O. The smallest absolute Gasteiger partial charge is 0.123 e. The Morgan fingerprint density at radius 2 is 2.10 bits per heavy atom. The van der Waals surface area contributed by atoms with Crippen molar-refractivity contribution >= 4 is 15.9 Å². The van der Waals surface area contributed by atoms with Crippen LogP contribution in [-0.2, 0) is 0 Å². The van der Waals surface area contributed by atoms with Crippen molar-refractivity contribution in [2.45, 2.75) is 44.2 Å². The molecule has 2 unspecified atom stereocenters. The summed E-state index contributed by atoms with van der Waals surface area (Å²) in [6, 6.07) is 7.51. The summed E-state index contributed by atoms with van der Waals surface area (Å²) in [5, 5.41) is 0. The second kappa shape index (κ2) is 6.67. The normalized spacial score (nSPS) is 27.4. The van der Waals surface area contributed by atoms with Gasteiger partial charge in [-0.05, 0) is 62.9 Å². The fraction of sp³-hybridized carbons (Fsp3) is 0.647. The van der Waals surface area contributed by atoms with Crippen molar-refractivity contribution in [2.75, 3.05) is 20.2 Å². The van der Waals surface area contributed by atoms with Crippen LogP contribution in [0, 0.1) is 5.92 Å². The van der Waals surface area contributed by atoms with Crippen LogP contribution in [0.15, 0.2) is 22.7 Å². The SMILES string of the molecule is COc1ccc(Br)cc1C1C(CN)CCCCN1C1CC1. The number of likely N-dealkylation sites (tertiary alicyclic amines) is 1. The molecule has 1 aromatic carbocycles. The van der Waals surface area contributed by atoms with Crippen molar-refractivity contribution in [2.24, 2.45) is 11.7 Å². The second-order valence-electron chi connectivity index (χ2n) is 6.29. The lowest BCUT2D eigenvalue weighted by Crippen LogP contribution is -2.37. The van der Waals surface area contributed by atoms with Crippen molar-refractivity contribution in [3.8, 4) is 5.75 Å². The average molecular weight is 353 g/mol. The maximum Gasteiger partial charge on any atom is 0.123 e. The van der Waals surface area contributed by atoms with Crippen LogP contribution in [0.25, 0.3) is 0 Å². The Kier molecular flexibility index (Phi) is 4.87. The molecule has 2 aliphatic rings. The van der Waals surface area contributed by atoms with Crippen molar-refractivity contribution in [1.29, 1.82) is 0 Å². The number of hydrogen-bond acceptors (Lipinski definition) is 3. The van der Waals surface area contributed by atoms with Gasteiger partial charge in [0.2, 0.25) is 0 Å². The van der Waals surface area contributed by atoms with E-state index < -0.39 is 0 Å². The molecule has 2 N–H and O–H groups in total. The number of nitrogens with zero attached hydrogens (tertiary/aromatic N) is 1. The highest BCUT2D eigenvalue weighted by Gasteiger charge is 2.39. The molecule has 1 aliphatic carbocycles. The van der Waals surface area contributed by atoms with E-state index in [0.717, 1.165) is 22.8 Å². The van der Waals surface area contributed by atoms with Crippen LogP contribution in [-0.4, -0.2) is 31.1 Å². The summed E-state index contributed by atoms with van der Waals surface area (Å²) >= 11 is 3.62. The number of nitrogens with two attached hydrogens (primary N) is 1. The van der Waals surface area contributed by atoms with Crippen molar-refractivity contribution in [3.63, 3.8) is 0 Å². The van der Waals surface area contributed by atoms with E-state index in [2.05, 4.69) is 39.0 Å². The molecule has 0 amide bonds. The van der Waals surface area contributed by atoms with E-state index in [9.17, 15) is 0 Å². The zero-order chi connectivity index (χ0) is 14.8. The summed E-state index contributed by atoms with van der Waals surface area (Å²) in [7, 11) is 1.77. The van der Waals surface area contributed by atoms with Crippen molar-refractivity contribution in [3.05, 3.63) is 28.2 Å². The van der Waals surface area contributed by atoms with Crippen molar-refractivity contribution < 1.29 is 4.74 Å². The molecular weight excluding hydrogens is 328 g/mol. The van der Waals surface area contributed by atoms with Gasteiger partial charge in [-0.2, -0.15) is 0 Å². The Labute approximate surface area is 136 Å². The molecule has 21 heavy (non-hydrogen) atoms. The molecule has 3 rings (SSSR count). The monoisotopic (exact) mass is 352 g/mol. The number of ether oxygens (including phenoxy) is 1. The second-order valence-corrected chi connectivity index (χ2v) is 7.21. The molecule has 0 spiro atoms. The highest BCUT2D eigenvalue weighted by atomic mass is 79.9. The summed E-state index contributed by atoms with van der Waals surface area (Å²) in [4.78, 5) is 2.70. The van der Waals surface area contributed by atoms with Crippen LogP contribution in [0.5, 0.6) is 5.75 Å². The van der Waals surface area contributed by atoms with Gasteiger partial charge in [0.05, 0.1) is 7.11 Å². The van der Waals surface area contributed by atoms with Gasteiger partial charge in [-0.25, -0.2) is 0 Å².